The molecule has 0 saturated carbocycles. The lowest BCUT2D eigenvalue weighted by atomic mass is 10.0. The van der Waals surface area contributed by atoms with Crippen LogP contribution in [-0.2, 0) is 0 Å². The summed E-state index contributed by atoms with van der Waals surface area (Å²) in [5.74, 6) is 1.02. The molecule has 0 aromatic carbocycles. The van der Waals surface area contributed by atoms with Gasteiger partial charge < -0.3 is 15.6 Å². The second-order valence-electron chi connectivity index (χ2n) is 5.11. The van der Waals surface area contributed by atoms with Gasteiger partial charge in [0.2, 0.25) is 5.95 Å². The van der Waals surface area contributed by atoms with Gasteiger partial charge in [0, 0.05) is 6.54 Å². The van der Waals surface area contributed by atoms with Crippen LogP contribution in [-0.4, -0.2) is 26.1 Å². The second-order valence-corrected chi connectivity index (χ2v) is 5.11. The highest BCUT2D eigenvalue weighted by Crippen LogP contribution is 2.27. The third-order valence-electron chi connectivity index (χ3n) is 3.57. The molecular formula is C14H20N6. The van der Waals surface area contributed by atoms with Gasteiger partial charge in [-0.25, -0.2) is 4.98 Å². The molecule has 1 atom stereocenters. The van der Waals surface area contributed by atoms with Crippen LogP contribution in [0.15, 0.2) is 18.5 Å². The molecule has 106 valence electrons. The number of nitrogens with zero attached hydrogens (tertiary/aromatic N) is 4. The Morgan fingerprint density at radius 2 is 2.35 bits per heavy atom. The van der Waals surface area contributed by atoms with Crippen LogP contribution in [0.4, 0.5) is 11.8 Å². The molecular weight excluding hydrogens is 252 g/mol. The first-order valence-corrected chi connectivity index (χ1v) is 7.20. The molecule has 2 heterocycles. The third kappa shape index (κ3) is 2.33. The number of hydrogen-bond acceptors (Lipinski definition) is 5. The van der Waals surface area contributed by atoms with Gasteiger partial charge >= 0.3 is 0 Å². The molecule has 20 heavy (non-hydrogen) atoms. The monoisotopic (exact) mass is 272 g/mol. The molecule has 6 nitrogen and oxygen atoms in total. The van der Waals surface area contributed by atoms with Crippen LogP contribution >= 0.6 is 0 Å². The lowest BCUT2D eigenvalue weighted by Crippen LogP contribution is -2.11. The minimum absolute atomic E-state index is 0.321. The highest BCUT2D eigenvalue weighted by Gasteiger charge is 2.17. The molecule has 0 saturated heterocycles. The van der Waals surface area contributed by atoms with Crippen molar-refractivity contribution in [1.29, 1.82) is 0 Å². The zero-order valence-electron chi connectivity index (χ0n) is 11.7. The number of allylic oxidation sites excluding steroid dienone is 2. The first-order valence-electron chi connectivity index (χ1n) is 7.20. The van der Waals surface area contributed by atoms with E-state index < -0.39 is 0 Å². The quantitative estimate of drug-likeness (QED) is 0.836. The summed E-state index contributed by atoms with van der Waals surface area (Å²) in [5.41, 5.74) is 7.49. The molecule has 0 radical (unpaired) electrons. The molecule has 2 aromatic heterocycles. The average molecular weight is 272 g/mol. The number of hydrogen-bond donors (Lipinski definition) is 2. The Bertz CT molecular complexity index is 630. The number of anilines is 2. The number of nitrogen functional groups attached to an aromatic ring is 1. The molecule has 3 N–H and O–H groups in total. The first kappa shape index (κ1) is 12.9. The summed E-state index contributed by atoms with van der Waals surface area (Å²) in [6.07, 6.45) is 10.8. The fraction of sp³-hybridized carbons (Fsp3) is 0.500. The largest absolute Gasteiger partial charge is 0.382 e. The maximum absolute atomic E-state index is 5.99. The van der Waals surface area contributed by atoms with Crippen LogP contribution in [0, 0.1) is 0 Å². The summed E-state index contributed by atoms with van der Waals surface area (Å²) in [5, 5.41) is 3.19. The van der Waals surface area contributed by atoms with Gasteiger partial charge in [0.05, 0.1) is 12.4 Å². The Labute approximate surface area is 118 Å². The number of fused-ring (bicyclic) bond motifs is 1. The molecule has 1 unspecified atom stereocenters. The minimum atomic E-state index is 0.321. The van der Waals surface area contributed by atoms with E-state index in [1.165, 1.54) is 6.42 Å². The van der Waals surface area contributed by atoms with E-state index in [9.17, 15) is 0 Å². The van der Waals surface area contributed by atoms with Crippen LogP contribution in [0.3, 0.4) is 0 Å². The Balaban J connectivity index is 2.02. The standard InChI is InChI=1S/C14H20N6/c1-2-8-16-14-18-12(15)11-13(19-14)20(9-17-11)10-6-4-3-5-7-10/h4,6,9-10H,2-3,5,7-8H2,1H3,(H3,15,16,18,19). The van der Waals surface area contributed by atoms with Gasteiger partial charge in [-0.1, -0.05) is 19.1 Å². The number of aromatic nitrogens is 4. The number of imidazole rings is 1. The Morgan fingerprint density at radius 1 is 1.45 bits per heavy atom. The van der Waals surface area contributed by atoms with E-state index in [4.69, 9.17) is 5.73 Å². The molecule has 1 aliphatic carbocycles. The van der Waals surface area contributed by atoms with Crippen molar-refractivity contribution in [1.82, 2.24) is 19.5 Å². The summed E-state index contributed by atoms with van der Waals surface area (Å²) in [4.78, 5) is 13.2. The van der Waals surface area contributed by atoms with E-state index in [1.54, 1.807) is 0 Å². The second kappa shape index (κ2) is 5.48. The van der Waals surface area contributed by atoms with Crippen molar-refractivity contribution in [2.24, 2.45) is 0 Å². The van der Waals surface area contributed by atoms with Gasteiger partial charge in [0.1, 0.15) is 5.52 Å². The van der Waals surface area contributed by atoms with E-state index >= 15 is 0 Å². The number of nitrogens with two attached hydrogens (primary N) is 1. The smallest absolute Gasteiger partial charge is 0.226 e. The lowest BCUT2D eigenvalue weighted by molar-refractivity contribution is 0.526. The van der Waals surface area contributed by atoms with Crippen LogP contribution in [0.1, 0.15) is 38.6 Å². The van der Waals surface area contributed by atoms with Crippen LogP contribution in [0.2, 0.25) is 0 Å². The molecule has 1 aliphatic rings. The average Bonchev–Trinajstić information content (AvgIpc) is 2.90. The summed E-state index contributed by atoms with van der Waals surface area (Å²) in [7, 11) is 0. The van der Waals surface area contributed by atoms with E-state index in [0.29, 0.717) is 23.3 Å². The van der Waals surface area contributed by atoms with Crippen molar-refractivity contribution in [2.75, 3.05) is 17.6 Å². The van der Waals surface area contributed by atoms with Crippen LogP contribution in [0.25, 0.3) is 11.2 Å². The molecule has 0 bridgehead atoms. The highest BCUT2D eigenvalue weighted by molar-refractivity contribution is 5.83. The van der Waals surface area contributed by atoms with E-state index in [-0.39, 0.29) is 0 Å². The zero-order valence-corrected chi connectivity index (χ0v) is 11.7. The number of rotatable bonds is 4. The molecule has 0 spiro atoms. The van der Waals surface area contributed by atoms with Crippen molar-refractivity contribution in [3.05, 3.63) is 18.5 Å². The summed E-state index contributed by atoms with van der Waals surface area (Å²) in [6.45, 7) is 2.94. The SMILES string of the molecule is CCCNc1nc(N)c2ncn(C3C=CCCC3)c2n1. The van der Waals surface area contributed by atoms with Crippen molar-refractivity contribution in [3.63, 3.8) is 0 Å². The lowest BCUT2D eigenvalue weighted by Gasteiger charge is -2.18. The fourth-order valence-corrected chi connectivity index (χ4v) is 2.52. The normalized spacial score (nSPS) is 18.6. The van der Waals surface area contributed by atoms with Gasteiger partial charge in [0.25, 0.3) is 0 Å². The molecule has 0 aliphatic heterocycles. The molecule has 6 heteroatoms. The molecule has 0 amide bonds. The maximum atomic E-state index is 5.99. The van der Waals surface area contributed by atoms with Crippen LogP contribution < -0.4 is 11.1 Å². The van der Waals surface area contributed by atoms with Gasteiger partial charge in [-0.15, -0.1) is 0 Å². The first-order chi connectivity index (χ1) is 9.79. The van der Waals surface area contributed by atoms with Gasteiger partial charge in [-0.05, 0) is 25.7 Å². The van der Waals surface area contributed by atoms with Gasteiger partial charge in [-0.2, -0.15) is 9.97 Å². The predicted octanol–water partition coefficient (Wildman–Crippen LogP) is 2.51. The third-order valence-corrected chi connectivity index (χ3v) is 3.57. The summed E-state index contributed by atoms with van der Waals surface area (Å²) < 4.78 is 2.10. The molecule has 0 fully saturated rings. The highest BCUT2D eigenvalue weighted by atomic mass is 15.2. The fourth-order valence-electron chi connectivity index (χ4n) is 2.52. The Hall–Kier alpha value is -2.11. The number of nitrogens with one attached hydrogen (secondary N) is 1. The van der Waals surface area contributed by atoms with Crippen molar-refractivity contribution >= 4 is 22.9 Å². The summed E-state index contributed by atoms with van der Waals surface area (Å²) in [6, 6.07) is 0.321. The molecule has 3 rings (SSSR count). The predicted molar refractivity (Wildman–Crippen MR) is 80.5 cm³/mol. The summed E-state index contributed by atoms with van der Waals surface area (Å²) >= 11 is 0. The van der Waals surface area contributed by atoms with E-state index in [1.807, 2.05) is 6.33 Å². The van der Waals surface area contributed by atoms with Crippen LogP contribution in [0.5, 0.6) is 0 Å². The van der Waals surface area contributed by atoms with Gasteiger partial charge in [-0.3, -0.25) is 0 Å². The van der Waals surface area contributed by atoms with Crippen molar-refractivity contribution in [2.45, 2.75) is 38.6 Å². The molecule has 2 aromatic rings. The van der Waals surface area contributed by atoms with Crippen molar-refractivity contribution < 1.29 is 0 Å². The minimum Gasteiger partial charge on any atom is -0.382 e. The van der Waals surface area contributed by atoms with Crippen molar-refractivity contribution in [3.8, 4) is 0 Å². The zero-order chi connectivity index (χ0) is 13.9. The maximum Gasteiger partial charge on any atom is 0.226 e. The van der Waals surface area contributed by atoms with E-state index in [0.717, 1.165) is 31.5 Å². The Kier molecular flexibility index (Phi) is 3.54. The topological polar surface area (TPSA) is 81.6 Å². The van der Waals surface area contributed by atoms with Gasteiger partial charge in [0.15, 0.2) is 11.5 Å². The van der Waals surface area contributed by atoms with E-state index in [2.05, 4.69) is 43.9 Å². The Morgan fingerprint density at radius 3 is 3.10 bits per heavy atom.